The fraction of sp³-hybridized carbons (Fsp3) is 1.00. The second-order valence-electron chi connectivity index (χ2n) is 4.22. The van der Waals surface area contributed by atoms with E-state index in [9.17, 15) is 5.11 Å². The van der Waals surface area contributed by atoms with Crippen LogP contribution in [0.5, 0.6) is 0 Å². The van der Waals surface area contributed by atoms with Gasteiger partial charge in [0, 0.05) is 18.9 Å². The molecule has 3 nitrogen and oxygen atoms in total. The first-order valence-electron chi connectivity index (χ1n) is 6.24. The summed E-state index contributed by atoms with van der Waals surface area (Å²) in [5.41, 5.74) is 0.620. The van der Waals surface area contributed by atoms with Crippen LogP contribution >= 0.6 is 0 Å². The van der Waals surface area contributed by atoms with Crippen LogP contribution < -0.4 is 0 Å². The summed E-state index contributed by atoms with van der Waals surface area (Å²) >= 11 is 0. The third kappa shape index (κ3) is 6.30. The Morgan fingerprint density at radius 2 is 2.40 bits per heavy atom. The zero-order valence-electron chi connectivity index (χ0n) is 9.78. The molecule has 0 spiro atoms. The van der Waals surface area contributed by atoms with E-state index in [1.54, 1.807) is 0 Å². The molecule has 1 saturated heterocycles. The lowest BCUT2D eigenvalue weighted by Gasteiger charge is -2.22. The predicted molar refractivity (Wildman–Crippen MR) is 63.8 cm³/mol. The van der Waals surface area contributed by atoms with Crippen molar-refractivity contribution in [1.82, 2.24) is 0 Å². The minimum Gasteiger partial charge on any atom is -0.382 e. The first kappa shape index (κ1) is 13.2. The van der Waals surface area contributed by atoms with E-state index in [-0.39, 0.29) is 9.52 Å². The lowest BCUT2D eigenvalue weighted by atomic mass is 10.2. The molecule has 1 aliphatic rings. The van der Waals surface area contributed by atoms with Gasteiger partial charge in [0.15, 0.2) is 6.29 Å². The van der Waals surface area contributed by atoms with Crippen LogP contribution in [0.4, 0.5) is 0 Å². The summed E-state index contributed by atoms with van der Waals surface area (Å²) in [6.45, 7) is 3.60. The van der Waals surface area contributed by atoms with E-state index >= 15 is 0 Å². The summed E-state index contributed by atoms with van der Waals surface area (Å²) in [4.78, 5) is 0. The molecule has 0 aromatic heterocycles. The lowest BCUT2D eigenvalue weighted by molar-refractivity contribution is -0.0996. The molecule has 1 rings (SSSR count). The van der Waals surface area contributed by atoms with Crippen LogP contribution in [0.15, 0.2) is 0 Å². The molecule has 0 aromatic rings. The van der Waals surface area contributed by atoms with Crippen LogP contribution in [0, 0.1) is 0 Å². The third-order valence-corrected chi connectivity index (χ3v) is 5.05. The highest BCUT2D eigenvalue weighted by atomic mass is 28.2. The number of ether oxygens (including phenoxy) is 2. The molecule has 1 N–H and O–H groups in total. The van der Waals surface area contributed by atoms with Crippen molar-refractivity contribution in [1.29, 1.82) is 0 Å². The summed E-state index contributed by atoms with van der Waals surface area (Å²) in [5, 5.41) is 9.17. The van der Waals surface area contributed by atoms with Crippen molar-refractivity contribution < 1.29 is 14.6 Å². The van der Waals surface area contributed by atoms with Gasteiger partial charge in [0.05, 0.1) is 9.52 Å². The second kappa shape index (κ2) is 8.27. The quantitative estimate of drug-likeness (QED) is 0.408. The van der Waals surface area contributed by atoms with E-state index in [1.165, 1.54) is 25.3 Å². The van der Waals surface area contributed by atoms with Crippen LogP contribution in [0.2, 0.25) is 6.04 Å². The number of hydrogen-bond acceptors (Lipinski definition) is 3. The summed E-state index contributed by atoms with van der Waals surface area (Å²) in [6.07, 6.45) is 5.09. The number of aliphatic hydroxyl groups excluding tert-OH is 1. The first-order chi connectivity index (χ1) is 7.33. The monoisotopic (exact) mass is 232 g/mol. The van der Waals surface area contributed by atoms with Gasteiger partial charge < -0.3 is 14.6 Å². The van der Waals surface area contributed by atoms with Gasteiger partial charge in [0.2, 0.25) is 0 Å². The minimum absolute atomic E-state index is 0.0695. The molecular formula is C11H24O3Si. The largest absolute Gasteiger partial charge is 0.382 e. The molecular weight excluding hydrogens is 208 g/mol. The number of hydrogen-bond donors (Lipinski definition) is 1. The van der Waals surface area contributed by atoms with Crippen molar-refractivity contribution in [2.45, 2.75) is 57.1 Å². The summed E-state index contributed by atoms with van der Waals surface area (Å²) < 4.78 is 10.9. The predicted octanol–water partition coefficient (Wildman–Crippen LogP) is 1.24. The smallest absolute Gasteiger partial charge is 0.154 e. The molecule has 2 unspecified atom stereocenters. The van der Waals surface area contributed by atoms with Crippen LogP contribution in [-0.2, 0) is 9.47 Å². The molecule has 2 atom stereocenters. The van der Waals surface area contributed by atoms with Crippen molar-refractivity contribution in [3.05, 3.63) is 0 Å². The molecule has 0 amide bonds. The van der Waals surface area contributed by atoms with Gasteiger partial charge in [0.1, 0.15) is 0 Å². The number of rotatable bonds is 7. The van der Waals surface area contributed by atoms with Crippen molar-refractivity contribution >= 4 is 9.52 Å². The van der Waals surface area contributed by atoms with Crippen molar-refractivity contribution in [3.63, 3.8) is 0 Å². The highest BCUT2D eigenvalue weighted by molar-refractivity contribution is 6.37. The lowest BCUT2D eigenvalue weighted by Crippen LogP contribution is -2.25. The Bertz CT molecular complexity index is 149. The molecule has 1 fully saturated rings. The number of aliphatic hydroxyl groups is 1. The van der Waals surface area contributed by atoms with Gasteiger partial charge in [-0.1, -0.05) is 13.0 Å². The molecule has 0 bridgehead atoms. The molecule has 4 heteroatoms. The minimum atomic E-state index is -0.558. The average Bonchev–Trinajstić information content (AvgIpc) is 2.29. The van der Waals surface area contributed by atoms with Gasteiger partial charge in [-0.25, -0.2) is 0 Å². The van der Waals surface area contributed by atoms with Crippen molar-refractivity contribution in [3.8, 4) is 0 Å². The third-order valence-electron chi connectivity index (χ3n) is 2.85. The maximum Gasteiger partial charge on any atom is 0.154 e. The zero-order valence-corrected chi connectivity index (χ0v) is 11.2. The Balaban J connectivity index is 1.87. The Labute approximate surface area is 95.0 Å². The maximum atomic E-state index is 9.17. The molecule has 1 heterocycles. The summed E-state index contributed by atoms with van der Waals surface area (Å²) in [6, 6.07) is 1.28. The van der Waals surface area contributed by atoms with Crippen molar-refractivity contribution in [2.24, 2.45) is 0 Å². The second-order valence-corrected chi connectivity index (χ2v) is 6.41. The molecule has 0 radical (unpaired) electrons. The Hall–Kier alpha value is 0.0969. The highest BCUT2D eigenvalue weighted by Gasteiger charge is 2.13. The molecule has 15 heavy (non-hydrogen) atoms. The molecule has 0 saturated carbocycles. The average molecular weight is 232 g/mol. The fourth-order valence-electron chi connectivity index (χ4n) is 1.85. The Morgan fingerprint density at radius 1 is 1.53 bits per heavy atom. The molecule has 0 aliphatic carbocycles. The summed E-state index contributed by atoms with van der Waals surface area (Å²) in [7, 11) is -0.0695. The fourth-order valence-corrected chi connectivity index (χ4v) is 3.71. The van der Waals surface area contributed by atoms with Gasteiger partial charge in [-0.3, -0.25) is 0 Å². The summed E-state index contributed by atoms with van der Waals surface area (Å²) in [5.74, 6) is 0. The van der Waals surface area contributed by atoms with Crippen LogP contribution in [0.3, 0.4) is 0 Å². The van der Waals surface area contributed by atoms with E-state index in [2.05, 4.69) is 0 Å². The van der Waals surface area contributed by atoms with Gasteiger partial charge >= 0.3 is 0 Å². The van der Waals surface area contributed by atoms with Gasteiger partial charge in [0.25, 0.3) is 0 Å². The van der Waals surface area contributed by atoms with Crippen LogP contribution in [0.1, 0.15) is 39.0 Å². The van der Waals surface area contributed by atoms with E-state index in [4.69, 9.17) is 9.47 Å². The van der Waals surface area contributed by atoms with E-state index in [0.717, 1.165) is 13.0 Å². The Kier molecular flexibility index (Phi) is 7.26. The maximum absolute atomic E-state index is 9.17. The van der Waals surface area contributed by atoms with E-state index in [1.807, 2.05) is 6.92 Å². The van der Waals surface area contributed by atoms with E-state index < -0.39 is 6.29 Å². The SMILES string of the molecule is CCC(O)OCCC[SiH2]C1CCCCO1. The molecule has 90 valence electrons. The normalized spacial score (nSPS) is 24.8. The van der Waals surface area contributed by atoms with Crippen LogP contribution in [0.25, 0.3) is 0 Å². The topological polar surface area (TPSA) is 38.7 Å². The van der Waals surface area contributed by atoms with Gasteiger partial charge in [-0.05, 0) is 32.1 Å². The highest BCUT2D eigenvalue weighted by Crippen LogP contribution is 2.13. The van der Waals surface area contributed by atoms with Gasteiger partial charge in [-0.15, -0.1) is 0 Å². The standard InChI is InChI=1S/C11H24O3Si/c1-2-10(12)13-8-5-9-15-11-6-3-4-7-14-11/h10-12H,2-9,15H2,1H3. The van der Waals surface area contributed by atoms with Crippen molar-refractivity contribution in [2.75, 3.05) is 13.2 Å². The van der Waals surface area contributed by atoms with Crippen LogP contribution in [-0.4, -0.2) is 39.9 Å². The Morgan fingerprint density at radius 3 is 3.07 bits per heavy atom. The molecule has 0 aromatic carbocycles. The van der Waals surface area contributed by atoms with Gasteiger partial charge in [-0.2, -0.15) is 0 Å². The van der Waals surface area contributed by atoms with E-state index in [0.29, 0.717) is 18.8 Å². The first-order valence-corrected chi connectivity index (χ1v) is 8.06. The molecule has 1 aliphatic heterocycles. The zero-order chi connectivity index (χ0) is 10.9.